The van der Waals surface area contributed by atoms with Crippen molar-refractivity contribution in [1.82, 2.24) is 9.21 Å². The molecule has 0 radical (unpaired) electrons. The van der Waals surface area contributed by atoms with Gasteiger partial charge in [-0.1, -0.05) is 6.07 Å². The maximum absolute atomic E-state index is 13.1. The molecule has 1 amide bonds. The number of halogens is 3. The third kappa shape index (κ3) is 5.93. The number of sulfonamides is 1. The number of piperazine rings is 1. The van der Waals surface area contributed by atoms with Crippen molar-refractivity contribution in [3.05, 3.63) is 54.1 Å². The van der Waals surface area contributed by atoms with Gasteiger partial charge in [0.15, 0.2) is 6.10 Å². The van der Waals surface area contributed by atoms with E-state index in [9.17, 15) is 26.4 Å². The number of morpholine rings is 1. The molecule has 2 aromatic rings. The Morgan fingerprint density at radius 1 is 0.972 bits per heavy atom. The molecule has 0 saturated carbocycles. The quantitative estimate of drug-likeness (QED) is 0.575. The van der Waals surface area contributed by atoms with Crippen LogP contribution >= 0.6 is 0 Å². The lowest BCUT2D eigenvalue weighted by atomic mass is 10.1. The number of nitrogens with zero attached hydrogens (tertiary/aromatic N) is 3. The van der Waals surface area contributed by atoms with Crippen molar-refractivity contribution in [3.8, 4) is 5.75 Å². The second-order valence-electron chi connectivity index (χ2n) is 8.61. The molecule has 2 heterocycles. The number of ether oxygens (including phenoxy) is 2. The van der Waals surface area contributed by atoms with Crippen molar-refractivity contribution in [2.45, 2.75) is 24.1 Å². The van der Waals surface area contributed by atoms with Crippen LogP contribution in [0.2, 0.25) is 0 Å². The van der Waals surface area contributed by atoms with Gasteiger partial charge in [-0.25, -0.2) is 8.42 Å². The van der Waals surface area contributed by atoms with E-state index in [1.54, 1.807) is 22.8 Å². The summed E-state index contributed by atoms with van der Waals surface area (Å²) in [5.41, 5.74) is -0.331. The van der Waals surface area contributed by atoms with E-state index in [1.165, 1.54) is 34.6 Å². The van der Waals surface area contributed by atoms with E-state index < -0.39 is 27.9 Å². The molecule has 4 rings (SSSR count). The zero-order valence-corrected chi connectivity index (χ0v) is 20.6. The first kappa shape index (κ1) is 26.2. The van der Waals surface area contributed by atoms with Crippen molar-refractivity contribution in [1.29, 1.82) is 0 Å². The molecule has 0 bridgehead atoms. The van der Waals surface area contributed by atoms with Gasteiger partial charge in [-0.2, -0.15) is 17.5 Å². The van der Waals surface area contributed by atoms with Crippen LogP contribution in [0, 0.1) is 0 Å². The Kier molecular flexibility index (Phi) is 7.76. The number of anilines is 1. The fraction of sp³-hybridized carbons (Fsp3) is 0.458. The standard InChI is InChI=1S/C24H28F3N3O5S/c1-18(23(31)29-13-15-34-16-14-29)35-21-5-7-22(8-6-21)36(32,33)30-11-9-28(10-12-30)20-4-2-3-19(17-20)24(25,26)27/h2-8,17-18H,9-16H2,1H3/t18-/m0/s1. The molecule has 0 aromatic heterocycles. The monoisotopic (exact) mass is 527 g/mol. The fourth-order valence-electron chi connectivity index (χ4n) is 4.20. The molecule has 8 nitrogen and oxygen atoms in total. The molecule has 2 aliphatic heterocycles. The van der Waals surface area contributed by atoms with Gasteiger partial charge < -0.3 is 19.3 Å². The molecule has 2 aliphatic rings. The molecule has 0 aliphatic carbocycles. The minimum atomic E-state index is -4.44. The van der Waals surface area contributed by atoms with Gasteiger partial charge in [-0.3, -0.25) is 4.79 Å². The lowest BCUT2D eigenvalue weighted by molar-refractivity contribution is -0.142. The number of hydrogen-bond donors (Lipinski definition) is 0. The largest absolute Gasteiger partial charge is 0.481 e. The van der Waals surface area contributed by atoms with E-state index in [-0.39, 0.29) is 37.0 Å². The zero-order chi connectivity index (χ0) is 25.9. The molecule has 2 fully saturated rings. The predicted molar refractivity (Wildman–Crippen MR) is 126 cm³/mol. The van der Waals surface area contributed by atoms with Crippen LogP contribution in [-0.2, 0) is 25.7 Å². The molecule has 1 atom stereocenters. The van der Waals surface area contributed by atoms with Crippen LogP contribution < -0.4 is 9.64 Å². The van der Waals surface area contributed by atoms with E-state index in [2.05, 4.69) is 0 Å². The van der Waals surface area contributed by atoms with Gasteiger partial charge in [-0.05, 0) is 49.4 Å². The molecule has 36 heavy (non-hydrogen) atoms. The Bertz CT molecular complexity index is 1160. The Morgan fingerprint density at radius 3 is 2.22 bits per heavy atom. The minimum absolute atomic E-state index is 0.0783. The van der Waals surface area contributed by atoms with Crippen LogP contribution in [0.25, 0.3) is 0 Å². The fourth-order valence-corrected chi connectivity index (χ4v) is 5.62. The van der Waals surface area contributed by atoms with Gasteiger partial charge in [0.25, 0.3) is 5.91 Å². The number of alkyl halides is 3. The second kappa shape index (κ2) is 10.7. The SMILES string of the molecule is C[C@H](Oc1ccc(S(=O)(=O)N2CCN(c3cccc(C(F)(F)F)c3)CC2)cc1)C(=O)N1CCOCC1. The summed E-state index contributed by atoms with van der Waals surface area (Å²) in [5, 5.41) is 0. The maximum Gasteiger partial charge on any atom is 0.416 e. The normalized spacial score (nSPS) is 18.7. The number of benzene rings is 2. The van der Waals surface area contributed by atoms with Crippen LogP contribution in [-0.4, -0.2) is 82.1 Å². The Balaban J connectivity index is 1.36. The Morgan fingerprint density at radius 2 is 1.61 bits per heavy atom. The summed E-state index contributed by atoms with van der Waals surface area (Å²) in [7, 11) is -3.80. The van der Waals surface area contributed by atoms with Crippen molar-refractivity contribution in [3.63, 3.8) is 0 Å². The molecule has 12 heteroatoms. The highest BCUT2D eigenvalue weighted by atomic mass is 32.2. The van der Waals surface area contributed by atoms with Crippen LogP contribution in [0.15, 0.2) is 53.4 Å². The molecule has 0 N–H and O–H groups in total. The number of amides is 1. The highest BCUT2D eigenvalue weighted by molar-refractivity contribution is 7.89. The van der Waals surface area contributed by atoms with E-state index in [0.29, 0.717) is 37.7 Å². The first-order valence-electron chi connectivity index (χ1n) is 11.6. The highest BCUT2D eigenvalue weighted by Crippen LogP contribution is 2.32. The van der Waals surface area contributed by atoms with Gasteiger partial charge in [0.1, 0.15) is 5.75 Å². The van der Waals surface area contributed by atoms with Crippen molar-refractivity contribution in [2.24, 2.45) is 0 Å². The van der Waals surface area contributed by atoms with Crippen molar-refractivity contribution < 1.29 is 35.9 Å². The molecular formula is C24H28F3N3O5S. The lowest BCUT2D eigenvalue weighted by Crippen LogP contribution is -2.48. The summed E-state index contributed by atoms with van der Waals surface area (Å²) >= 11 is 0. The van der Waals surface area contributed by atoms with E-state index in [0.717, 1.165) is 12.1 Å². The molecule has 196 valence electrons. The molecule has 0 unspecified atom stereocenters. The van der Waals surface area contributed by atoms with Gasteiger partial charge in [0.05, 0.1) is 23.7 Å². The van der Waals surface area contributed by atoms with E-state index in [1.807, 2.05) is 0 Å². The first-order chi connectivity index (χ1) is 17.1. The number of rotatable bonds is 6. The third-order valence-electron chi connectivity index (χ3n) is 6.22. The van der Waals surface area contributed by atoms with Crippen LogP contribution in [0.3, 0.4) is 0 Å². The van der Waals surface area contributed by atoms with E-state index >= 15 is 0 Å². The summed E-state index contributed by atoms with van der Waals surface area (Å²) in [6.07, 6.45) is -5.17. The lowest BCUT2D eigenvalue weighted by Gasteiger charge is -2.35. The average Bonchev–Trinajstić information content (AvgIpc) is 2.88. The summed E-state index contributed by atoms with van der Waals surface area (Å²) in [6, 6.07) is 10.9. The molecule has 2 aromatic carbocycles. The number of carbonyl (C=O) groups is 1. The summed E-state index contributed by atoms with van der Waals surface area (Å²) in [4.78, 5) is 16.0. The third-order valence-corrected chi connectivity index (χ3v) is 8.14. The molecular weight excluding hydrogens is 499 g/mol. The van der Waals surface area contributed by atoms with Crippen molar-refractivity contribution >= 4 is 21.6 Å². The van der Waals surface area contributed by atoms with Gasteiger partial charge >= 0.3 is 6.18 Å². The number of carbonyl (C=O) groups excluding carboxylic acids is 1. The van der Waals surface area contributed by atoms with Crippen molar-refractivity contribution in [2.75, 3.05) is 57.4 Å². The average molecular weight is 528 g/mol. The van der Waals surface area contributed by atoms with Crippen LogP contribution in [0.4, 0.5) is 18.9 Å². The van der Waals surface area contributed by atoms with Crippen LogP contribution in [0.5, 0.6) is 5.75 Å². The first-order valence-corrected chi connectivity index (χ1v) is 13.1. The van der Waals surface area contributed by atoms with Gasteiger partial charge in [0, 0.05) is 45.0 Å². The Labute approximate surface area is 208 Å². The molecule has 0 spiro atoms. The second-order valence-corrected chi connectivity index (χ2v) is 10.5. The number of hydrogen-bond acceptors (Lipinski definition) is 6. The predicted octanol–water partition coefficient (Wildman–Crippen LogP) is 2.84. The Hall–Kier alpha value is -2.83. The van der Waals surface area contributed by atoms with Crippen LogP contribution in [0.1, 0.15) is 12.5 Å². The topological polar surface area (TPSA) is 79.4 Å². The summed E-state index contributed by atoms with van der Waals surface area (Å²) < 4.78 is 77.6. The molecule has 2 saturated heterocycles. The highest BCUT2D eigenvalue weighted by Gasteiger charge is 2.32. The minimum Gasteiger partial charge on any atom is -0.481 e. The summed E-state index contributed by atoms with van der Waals surface area (Å²) in [6.45, 7) is 4.44. The van der Waals surface area contributed by atoms with Gasteiger partial charge in [0.2, 0.25) is 10.0 Å². The smallest absolute Gasteiger partial charge is 0.416 e. The van der Waals surface area contributed by atoms with Gasteiger partial charge in [-0.15, -0.1) is 0 Å². The zero-order valence-electron chi connectivity index (χ0n) is 19.8. The van der Waals surface area contributed by atoms with E-state index in [4.69, 9.17) is 9.47 Å². The summed E-state index contributed by atoms with van der Waals surface area (Å²) in [5.74, 6) is 0.214. The maximum atomic E-state index is 13.1.